The minimum Gasteiger partial charge on any atom is -0.392 e. The molecule has 0 aliphatic carbocycles. The van der Waals surface area contributed by atoms with Crippen LogP contribution in [0.25, 0.3) is 11.1 Å². The SMILES string of the molecule is OCc1cc(-c2cccc(Cl)c2)ccc1Cl. The largest absolute Gasteiger partial charge is 0.392 e. The topological polar surface area (TPSA) is 20.2 Å². The van der Waals surface area contributed by atoms with Crippen molar-refractivity contribution >= 4 is 23.2 Å². The van der Waals surface area contributed by atoms with Gasteiger partial charge >= 0.3 is 0 Å². The summed E-state index contributed by atoms with van der Waals surface area (Å²) in [4.78, 5) is 0. The van der Waals surface area contributed by atoms with Crippen LogP contribution in [0.15, 0.2) is 42.5 Å². The lowest BCUT2D eigenvalue weighted by Gasteiger charge is -2.06. The lowest BCUT2D eigenvalue weighted by molar-refractivity contribution is 0.282. The van der Waals surface area contributed by atoms with Gasteiger partial charge in [0.2, 0.25) is 0 Å². The first-order valence-corrected chi connectivity index (χ1v) is 5.61. The molecular formula is C13H10Cl2O. The molecule has 0 fully saturated rings. The Morgan fingerprint density at radius 1 is 0.938 bits per heavy atom. The van der Waals surface area contributed by atoms with Crippen LogP contribution in [0.4, 0.5) is 0 Å². The molecule has 0 aromatic heterocycles. The fourth-order valence-corrected chi connectivity index (χ4v) is 1.91. The van der Waals surface area contributed by atoms with Crippen LogP contribution in [0.5, 0.6) is 0 Å². The molecule has 2 rings (SSSR count). The first-order chi connectivity index (χ1) is 7.70. The van der Waals surface area contributed by atoms with E-state index in [0.717, 1.165) is 16.7 Å². The number of hydrogen-bond donors (Lipinski definition) is 1. The highest BCUT2D eigenvalue weighted by atomic mass is 35.5. The molecule has 0 amide bonds. The minimum atomic E-state index is -0.0623. The maximum Gasteiger partial charge on any atom is 0.0696 e. The van der Waals surface area contributed by atoms with Gasteiger partial charge in [-0.2, -0.15) is 0 Å². The monoisotopic (exact) mass is 252 g/mol. The molecule has 2 aromatic rings. The average molecular weight is 253 g/mol. The molecule has 1 N–H and O–H groups in total. The van der Waals surface area contributed by atoms with Gasteiger partial charge in [0.15, 0.2) is 0 Å². The van der Waals surface area contributed by atoms with Crippen molar-refractivity contribution in [3.63, 3.8) is 0 Å². The Kier molecular flexibility index (Phi) is 3.49. The molecule has 0 heterocycles. The van der Waals surface area contributed by atoms with Gasteiger partial charge in [0.05, 0.1) is 6.61 Å². The molecule has 0 radical (unpaired) electrons. The molecule has 3 heteroatoms. The molecule has 0 unspecified atom stereocenters. The fraction of sp³-hybridized carbons (Fsp3) is 0.0769. The molecule has 2 aromatic carbocycles. The highest BCUT2D eigenvalue weighted by Crippen LogP contribution is 2.26. The van der Waals surface area contributed by atoms with Crippen LogP contribution < -0.4 is 0 Å². The average Bonchev–Trinajstić information content (AvgIpc) is 2.29. The summed E-state index contributed by atoms with van der Waals surface area (Å²) in [6.45, 7) is -0.0623. The van der Waals surface area contributed by atoms with Crippen LogP contribution in [0.3, 0.4) is 0 Å². The first kappa shape index (κ1) is 11.5. The van der Waals surface area contributed by atoms with E-state index in [4.69, 9.17) is 28.3 Å². The molecule has 0 atom stereocenters. The summed E-state index contributed by atoms with van der Waals surface area (Å²) in [7, 11) is 0. The summed E-state index contributed by atoms with van der Waals surface area (Å²) in [6.07, 6.45) is 0. The fourth-order valence-electron chi connectivity index (χ4n) is 1.54. The van der Waals surface area contributed by atoms with E-state index in [9.17, 15) is 0 Å². The van der Waals surface area contributed by atoms with Gasteiger partial charge in [-0.05, 0) is 41.0 Å². The van der Waals surface area contributed by atoms with Gasteiger partial charge in [-0.3, -0.25) is 0 Å². The second-order valence-corrected chi connectivity index (χ2v) is 4.32. The van der Waals surface area contributed by atoms with E-state index < -0.39 is 0 Å². The van der Waals surface area contributed by atoms with Gasteiger partial charge in [-0.15, -0.1) is 0 Å². The van der Waals surface area contributed by atoms with Gasteiger partial charge in [0, 0.05) is 10.0 Å². The second-order valence-electron chi connectivity index (χ2n) is 3.47. The molecule has 0 saturated carbocycles. The summed E-state index contributed by atoms with van der Waals surface area (Å²) in [5.74, 6) is 0. The molecule has 0 saturated heterocycles. The zero-order valence-corrected chi connectivity index (χ0v) is 9.96. The van der Waals surface area contributed by atoms with E-state index in [1.807, 2.05) is 36.4 Å². The molecule has 0 bridgehead atoms. The van der Waals surface area contributed by atoms with E-state index in [1.54, 1.807) is 6.07 Å². The summed E-state index contributed by atoms with van der Waals surface area (Å²) in [5.41, 5.74) is 2.73. The zero-order valence-electron chi connectivity index (χ0n) is 8.45. The van der Waals surface area contributed by atoms with Crippen molar-refractivity contribution in [1.82, 2.24) is 0 Å². The highest BCUT2D eigenvalue weighted by Gasteiger charge is 2.03. The van der Waals surface area contributed by atoms with E-state index in [-0.39, 0.29) is 6.61 Å². The molecule has 82 valence electrons. The van der Waals surface area contributed by atoms with Crippen LogP contribution in [0, 0.1) is 0 Å². The summed E-state index contributed by atoms with van der Waals surface area (Å²) < 4.78 is 0. The third kappa shape index (κ3) is 2.38. The Morgan fingerprint density at radius 2 is 1.69 bits per heavy atom. The predicted molar refractivity (Wildman–Crippen MR) is 67.8 cm³/mol. The Morgan fingerprint density at radius 3 is 2.38 bits per heavy atom. The zero-order chi connectivity index (χ0) is 11.5. The minimum absolute atomic E-state index is 0.0623. The van der Waals surface area contributed by atoms with Crippen LogP contribution in [0.2, 0.25) is 10.0 Å². The van der Waals surface area contributed by atoms with Crippen molar-refractivity contribution in [2.45, 2.75) is 6.61 Å². The standard InChI is InChI=1S/C13H10Cl2O/c14-12-3-1-2-9(7-12)10-4-5-13(15)11(6-10)8-16/h1-7,16H,8H2. The van der Waals surface area contributed by atoms with Gasteiger partial charge in [0.1, 0.15) is 0 Å². The summed E-state index contributed by atoms with van der Waals surface area (Å²) >= 11 is 11.9. The maximum absolute atomic E-state index is 9.13. The van der Waals surface area contributed by atoms with Crippen LogP contribution in [0.1, 0.15) is 5.56 Å². The number of rotatable bonds is 2. The highest BCUT2D eigenvalue weighted by molar-refractivity contribution is 6.31. The van der Waals surface area contributed by atoms with Gasteiger partial charge in [-0.25, -0.2) is 0 Å². The van der Waals surface area contributed by atoms with Crippen molar-refractivity contribution in [3.8, 4) is 11.1 Å². The van der Waals surface area contributed by atoms with Crippen molar-refractivity contribution in [2.24, 2.45) is 0 Å². The van der Waals surface area contributed by atoms with E-state index in [0.29, 0.717) is 10.0 Å². The van der Waals surface area contributed by atoms with Gasteiger partial charge in [0.25, 0.3) is 0 Å². The molecule has 0 aliphatic rings. The lowest BCUT2D eigenvalue weighted by atomic mass is 10.0. The Bertz CT molecular complexity index is 509. The quantitative estimate of drug-likeness (QED) is 0.852. The molecule has 0 spiro atoms. The number of halogens is 2. The van der Waals surface area contributed by atoms with Crippen molar-refractivity contribution in [2.75, 3.05) is 0 Å². The van der Waals surface area contributed by atoms with E-state index in [2.05, 4.69) is 0 Å². The lowest BCUT2D eigenvalue weighted by Crippen LogP contribution is -1.86. The second kappa shape index (κ2) is 4.88. The third-order valence-electron chi connectivity index (χ3n) is 2.37. The smallest absolute Gasteiger partial charge is 0.0696 e. The molecule has 1 nitrogen and oxygen atoms in total. The summed E-state index contributed by atoms with van der Waals surface area (Å²) in [6, 6.07) is 13.1. The normalized spacial score (nSPS) is 10.4. The Hall–Kier alpha value is -1.02. The van der Waals surface area contributed by atoms with Crippen molar-refractivity contribution < 1.29 is 5.11 Å². The number of hydrogen-bond acceptors (Lipinski definition) is 1. The third-order valence-corrected chi connectivity index (χ3v) is 2.98. The summed E-state index contributed by atoms with van der Waals surface area (Å²) in [5, 5.41) is 10.4. The van der Waals surface area contributed by atoms with Crippen molar-refractivity contribution in [1.29, 1.82) is 0 Å². The Balaban J connectivity index is 2.48. The molecule has 0 aliphatic heterocycles. The van der Waals surface area contributed by atoms with Crippen LogP contribution in [-0.4, -0.2) is 5.11 Å². The van der Waals surface area contributed by atoms with E-state index in [1.165, 1.54) is 0 Å². The molecular weight excluding hydrogens is 243 g/mol. The first-order valence-electron chi connectivity index (χ1n) is 4.86. The van der Waals surface area contributed by atoms with Gasteiger partial charge in [-0.1, -0.05) is 41.4 Å². The Labute approximate surface area is 104 Å². The van der Waals surface area contributed by atoms with Crippen LogP contribution >= 0.6 is 23.2 Å². The number of benzene rings is 2. The maximum atomic E-state index is 9.13. The predicted octanol–water partition coefficient (Wildman–Crippen LogP) is 4.15. The number of aliphatic hydroxyl groups excluding tert-OH is 1. The number of aliphatic hydroxyl groups is 1. The van der Waals surface area contributed by atoms with Crippen LogP contribution in [-0.2, 0) is 6.61 Å². The van der Waals surface area contributed by atoms with Crippen molar-refractivity contribution in [3.05, 3.63) is 58.1 Å². The van der Waals surface area contributed by atoms with E-state index >= 15 is 0 Å². The van der Waals surface area contributed by atoms with Gasteiger partial charge < -0.3 is 5.11 Å². The molecule has 16 heavy (non-hydrogen) atoms.